The minimum atomic E-state index is -1.09. The third-order valence-electron chi connectivity index (χ3n) is 1.28. The van der Waals surface area contributed by atoms with E-state index >= 15 is 0 Å². The van der Waals surface area contributed by atoms with Crippen molar-refractivity contribution < 1.29 is 22.6 Å². The Balaban J connectivity index is 2.92. The van der Waals surface area contributed by atoms with Crippen LogP contribution in [0.15, 0.2) is 12.1 Å². The molecular formula is C8H7F3O2. The van der Waals surface area contributed by atoms with E-state index in [1.54, 1.807) is 0 Å². The van der Waals surface area contributed by atoms with E-state index in [-0.39, 0.29) is 6.79 Å². The number of hydrogen-bond donors (Lipinski definition) is 0. The zero-order chi connectivity index (χ0) is 9.84. The molecule has 2 nitrogen and oxygen atoms in total. The summed E-state index contributed by atoms with van der Waals surface area (Å²) in [5, 5.41) is 0. The second-order valence-corrected chi connectivity index (χ2v) is 2.25. The number of rotatable bonds is 3. The van der Waals surface area contributed by atoms with E-state index in [2.05, 4.69) is 9.47 Å². The summed E-state index contributed by atoms with van der Waals surface area (Å²) in [6.45, 7) is -0.292. The van der Waals surface area contributed by atoms with E-state index in [1.807, 2.05) is 0 Å². The summed E-state index contributed by atoms with van der Waals surface area (Å²) < 4.78 is 46.9. The summed E-state index contributed by atoms with van der Waals surface area (Å²) in [4.78, 5) is 0. The highest BCUT2D eigenvalue weighted by molar-refractivity contribution is 5.26. The summed E-state index contributed by atoms with van der Waals surface area (Å²) in [6, 6.07) is 1.07. The molecule has 0 atom stereocenters. The molecule has 72 valence electrons. The van der Waals surface area contributed by atoms with Crippen LogP contribution in [0.25, 0.3) is 0 Å². The second kappa shape index (κ2) is 4.13. The molecule has 0 spiro atoms. The van der Waals surface area contributed by atoms with Crippen molar-refractivity contribution in [1.29, 1.82) is 0 Å². The molecule has 0 saturated heterocycles. The Kier molecular flexibility index (Phi) is 3.13. The molecule has 0 aliphatic rings. The first-order valence-corrected chi connectivity index (χ1v) is 3.41. The fraction of sp³-hybridized carbons (Fsp3) is 0.250. The van der Waals surface area contributed by atoms with Gasteiger partial charge < -0.3 is 9.47 Å². The highest BCUT2D eigenvalue weighted by atomic mass is 19.1. The van der Waals surface area contributed by atoms with Gasteiger partial charge in [0.25, 0.3) is 0 Å². The summed E-state index contributed by atoms with van der Waals surface area (Å²) in [5.41, 5.74) is 0. The van der Waals surface area contributed by atoms with Crippen molar-refractivity contribution >= 4 is 0 Å². The minimum absolute atomic E-state index is 0.292. The lowest BCUT2D eigenvalue weighted by atomic mass is 10.3. The van der Waals surface area contributed by atoms with Crippen molar-refractivity contribution in [2.75, 3.05) is 13.9 Å². The van der Waals surface area contributed by atoms with Crippen LogP contribution >= 0.6 is 0 Å². The van der Waals surface area contributed by atoms with E-state index in [9.17, 15) is 13.2 Å². The molecule has 13 heavy (non-hydrogen) atoms. The zero-order valence-electron chi connectivity index (χ0n) is 6.81. The molecule has 0 saturated carbocycles. The van der Waals surface area contributed by atoms with Crippen LogP contribution in [-0.2, 0) is 4.74 Å². The predicted octanol–water partition coefficient (Wildman–Crippen LogP) is 2.09. The average Bonchev–Trinajstić information content (AvgIpc) is 2.02. The smallest absolute Gasteiger partial charge is 0.193 e. The molecule has 1 aromatic rings. The number of halogens is 3. The van der Waals surface area contributed by atoms with E-state index in [1.165, 1.54) is 7.11 Å². The van der Waals surface area contributed by atoms with Crippen LogP contribution in [-0.4, -0.2) is 13.9 Å². The van der Waals surface area contributed by atoms with Gasteiger partial charge in [-0.1, -0.05) is 0 Å². The van der Waals surface area contributed by atoms with Gasteiger partial charge in [-0.2, -0.15) is 0 Å². The molecule has 0 aliphatic carbocycles. The SMILES string of the molecule is COCOc1c(F)cc(F)cc1F. The Bertz CT molecular complexity index is 278. The van der Waals surface area contributed by atoms with Crippen molar-refractivity contribution in [2.24, 2.45) is 0 Å². The van der Waals surface area contributed by atoms with Gasteiger partial charge in [-0.3, -0.25) is 0 Å². The van der Waals surface area contributed by atoms with Crippen LogP contribution in [0.1, 0.15) is 0 Å². The van der Waals surface area contributed by atoms with Crippen LogP contribution in [0.4, 0.5) is 13.2 Å². The Morgan fingerprint density at radius 3 is 2.15 bits per heavy atom. The van der Waals surface area contributed by atoms with Crippen molar-refractivity contribution in [3.05, 3.63) is 29.6 Å². The quantitative estimate of drug-likeness (QED) is 0.682. The second-order valence-electron chi connectivity index (χ2n) is 2.25. The van der Waals surface area contributed by atoms with Crippen LogP contribution in [0.2, 0.25) is 0 Å². The van der Waals surface area contributed by atoms with Crippen LogP contribution in [0.3, 0.4) is 0 Å². The summed E-state index contributed by atoms with van der Waals surface area (Å²) in [5.74, 6) is -3.80. The monoisotopic (exact) mass is 192 g/mol. The molecule has 1 aromatic carbocycles. The Labute approximate surface area is 72.9 Å². The largest absolute Gasteiger partial charge is 0.461 e. The Morgan fingerprint density at radius 1 is 1.15 bits per heavy atom. The third-order valence-corrected chi connectivity index (χ3v) is 1.28. The number of hydrogen-bond acceptors (Lipinski definition) is 2. The fourth-order valence-electron chi connectivity index (χ4n) is 0.785. The maximum atomic E-state index is 12.8. The minimum Gasteiger partial charge on any atom is -0.461 e. The molecule has 1 rings (SSSR count). The zero-order valence-corrected chi connectivity index (χ0v) is 6.81. The van der Waals surface area contributed by atoms with Crippen LogP contribution < -0.4 is 4.74 Å². The van der Waals surface area contributed by atoms with E-state index in [0.29, 0.717) is 12.1 Å². The van der Waals surface area contributed by atoms with Crippen molar-refractivity contribution in [3.63, 3.8) is 0 Å². The first-order valence-electron chi connectivity index (χ1n) is 3.41. The van der Waals surface area contributed by atoms with Crippen LogP contribution in [0.5, 0.6) is 5.75 Å². The first-order chi connectivity index (χ1) is 6.15. The summed E-state index contributed by atoms with van der Waals surface area (Å²) in [7, 11) is 1.30. The van der Waals surface area contributed by atoms with Gasteiger partial charge in [0.1, 0.15) is 5.82 Å². The fourth-order valence-corrected chi connectivity index (χ4v) is 0.785. The summed E-state index contributed by atoms with van der Waals surface area (Å²) >= 11 is 0. The molecule has 0 amide bonds. The maximum absolute atomic E-state index is 12.8. The molecule has 0 unspecified atom stereocenters. The summed E-state index contributed by atoms with van der Waals surface area (Å²) in [6.07, 6.45) is 0. The van der Waals surface area contributed by atoms with Crippen molar-refractivity contribution in [2.45, 2.75) is 0 Å². The highest BCUT2D eigenvalue weighted by Crippen LogP contribution is 2.22. The van der Waals surface area contributed by atoms with Gasteiger partial charge in [-0.15, -0.1) is 0 Å². The lowest BCUT2D eigenvalue weighted by molar-refractivity contribution is 0.0451. The Morgan fingerprint density at radius 2 is 1.69 bits per heavy atom. The standard InChI is InChI=1S/C8H7F3O2/c1-12-4-13-8-6(10)2-5(9)3-7(8)11/h2-3H,4H2,1H3. The average molecular weight is 192 g/mol. The van der Waals surface area contributed by atoms with Crippen LogP contribution in [0, 0.1) is 17.5 Å². The third kappa shape index (κ3) is 2.35. The van der Waals surface area contributed by atoms with Crippen molar-refractivity contribution in [3.8, 4) is 5.75 Å². The lowest BCUT2D eigenvalue weighted by Crippen LogP contribution is -2.03. The topological polar surface area (TPSA) is 18.5 Å². The number of methoxy groups -OCH3 is 1. The molecule has 0 fully saturated rings. The highest BCUT2D eigenvalue weighted by Gasteiger charge is 2.12. The molecule has 0 heterocycles. The Hall–Kier alpha value is -1.23. The lowest BCUT2D eigenvalue weighted by Gasteiger charge is -2.06. The molecule has 0 N–H and O–H groups in total. The van der Waals surface area contributed by atoms with Gasteiger partial charge in [0.2, 0.25) is 0 Å². The van der Waals surface area contributed by atoms with Gasteiger partial charge in [-0.25, -0.2) is 13.2 Å². The van der Waals surface area contributed by atoms with E-state index in [0.717, 1.165) is 0 Å². The molecule has 5 heteroatoms. The molecule has 0 radical (unpaired) electrons. The first kappa shape index (κ1) is 9.85. The van der Waals surface area contributed by atoms with E-state index < -0.39 is 23.2 Å². The number of benzene rings is 1. The molecule has 0 aliphatic heterocycles. The van der Waals surface area contributed by atoms with Gasteiger partial charge >= 0.3 is 0 Å². The molecule has 0 bridgehead atoms. The number of ether oxygens (including phenoxy) is 2. The van der Waals surface area contributed by atoms with Gasteiger partial charge in [0.15, 0.2) is 24.2 Å². The predicted molar refractivity (Wildman–Crippen MR) is 38.8 cm³/mol. The van der Waals surface area contributed by atoms with Gasteiger partial charge in [0, 0.05) is 19.2 Å². The maximum Gasteiger partial charge on any atom is 0.193 e. The molecular weight excluding hydrogens is 185 g/mol. The van der Waals surface area contributed by atoms with Gasteiger partial charge in [0.05, 0.1) is 0 Å². The van der Waals surface area contributed by atoms with Crippen molar-refractivity contribution in [1.82, 2.24) is 0 Å². The van der Waals surface area contributed by atoms with Gasteiger partial charge in [-0.05, 0) is 0 Å². The van der Waals surface area contributed by atoms with E-state index in [4.69, 9.17) is 0 Å². The molecule has 0 aromatic heterocycles. The normalized spacial score (nSPS) is 10.2.